The van der Waals surface area contributed by atoms with E-state index in [1.54, 1.807) is 7.11 Å². The van der Waals surface area contributed by atoms with E-state index in [1.807, 2.05) is 0 Å². The van der Waals surface area contributed by atoms with Crippen LogP contribution in [-0.4, -0.2) is 45.1 Å². The van der Waals surface area contributed by atoms with Gasteiger partial charge in [0.1, 0.15) is 0 Å². The molecule has 5 heteroatoms. The lowest BCUT2D eigenvalue weighted by molar-refractivity contribution is 0.203. The van der Waals surface area contributed by atoms with Gasteiger partial charge in [-0.05, 0) is 24.2 Å². The highest BCUT2D eigenvalue weighted by Crippen LogP contribution is 2.24. The molecule has 2 N–H and O–H groups in total. The van der Waals surface area contributed by atoms with Crippen LogP contribution in [0.3, 0.4) is 0 Å². The number of aliphatic hydroxyl groups excluding tert-OH is 1. The molecule has 0 aliphatic rings. The van der Waals surface area contributed by atoms with Crippen LogP contribution in [0.1, 0.15) is 12.5 Å². The molecule has 0 aromatic heterocycles. The first-order valence-corrected chi connectivity index (χ1v) is 7.36. The Morgan fingerprint density at radius 2 is 2.16 bits per heavy atom. The van der Waals surface area contributed by atoms with Gasteiger partial charge in [0.05, 0.1) is 13.2 Å². The molecule has 0 atom stereocenters. The zero-order valence-corrected chi connectivity index (χ0v) is 13.2. The first-order chi connectivity index (χ1) is 9.22. The number of halogens is 1. The fourth-order valence-electron chi connectivity index (χ4n) is 1.83. The number of aliphatic hydroxyl groups is 1. The van der Waals surface area contributed by atoms with Gasteiger partial charge >= 0.3 is 0 Å². The molecule has 1 rings (SSSR count). The second-order valence-corrected chi connectivity index (χ2v) is 5.11. The number of nitrogens with zero attached hydrogens (tertiary/aromatic N) is 1. The predicted octanol–water partition coefficient (Wildman–Crippen LogP) is 2.00. The minimum Gasteiger partial charge on any atom is -0.395 e. The average molecular weight is 331 g/mol. The van der Waals surface area contributed by atoms with Crippen molar-refractivity contribution in [2.24, 2.45) is 0 Å². The molecule has 0 aliphatic carbocycles. The van der Waals surface area contributed by atoms with Crippen LogP contribution in [0, 0.1) is 0 Å². The van der Waals surface area contributed by atoms with Gasteiger partial charge in [-0.1, -0.05) is 28.9 Å². The molecule has 0 fully saturated rings. The molecule has 0 aliphatic heterocycles. The van der Waals surface area contributed by atoms with Crippen molar-refractivity contribution in [1.82, 2.24) is 5.32 Å². The summed E-state index contributed by atoms with van der Waals surface area (Å²) in [7, 11) is 1.69. The van der Waals surface area contributed by atoms with Gasteiger partial charge in [-0.2, -0.15) is 0 Å². The zero-order valence-electron chi connectivity index (χ0n) is 11.7. The predicted molar refractivity (Wildman–Crippen MR) is 82.7 cm³/mol. The minimum atomic E-state index is 0.139. The summed E-state index contributed by atoms with van der Waals surface area (Å²) in [6, 6.07) is 6.29. The first kappa shape index (κ1) is 16.4. The Morgan fingerprint density at radius 3 is 2.74 bits per heavy atom. The third-order valence-corrected chi connectivity index (χ3v) is 3.64. The van der Waals surface area contributed by atoms with Crippen molar-refractivity contribution < 1.29 is 9.84 Å². The van der Waals surface area contributed by atoms with Gasteiger partial charge in [0, 0.05) is 36.9 Å². The number of methoxy groups -OCH3 is 1. The van der Waals surface area contributed by atoms with E-state index in [0.29, 0.717) is 13.2 Å². The molecule has 0 unspecified atom stereocenters. The largest absolute Gasteiger partial charge is 0.395 e. The average Bonchev–Trinajstić information content (AvgIpc) is 2.42. The molecule has 4 nitrogen and oxygen atoms in total. The highest BCUT2D eigenvalue weighted by atomic mass is 79.9. The number of rotatable bonds is 9. The van der Waals surface area contributed by atoms with Gasteiger partial charge in [-0.25, -0.2) is 0 Å². The lowest BCUT2D eigenvalue weighted by Gasteiger charge is -2.24. The van der Waals surface area contributed by atoms with Crippen molar-refractivity contribution in [3.05, 3.63) is 28.2 Å². The van der Waals surface area contributed by atoms with Crippen LogP contribution < -0.4 is 10.2 Å². The first-order valence-electron chi connectivity index (χ1n) is 6.56. The quantitative estimate of drug-likeness (QED) is 0.727. The second-order valence-electron chi connectivity index (χ2n) is 4.26. The Bertz CT molecular complexity index is 374. The highest BCUT2D eigenvalue weighted by molar-refractivity contribution is 9.10. The molecule has 1 aromatic carbocycles. The fourth-order valence-corrected chi connectivity index (χ4v) is 2.34. The summed E-state index contributed by atoms with van der Waals surface area (Å²) in [4.78, 5) is 2.12. The maximum absolute atomic E-state index is 9.13. The molecule has 0 saturated heterocycles. The van der Waals surface area contributed by atoms with Gasteiger partial charge < -0.3 is 20.1 Å². The Hall–Kier alpha value is -0.620. The molecule has 108 valence electrons. The minimum absolute atomic E-state index is 0.139. The molecule has 0 bridgehead atoms. The van der Waals surface area contributed by atoms with Crippen LogP contribution in [0.2, 0.25) is 0 Å². The number of benzene rings is 1. The van der Waals surface area contributed by atoms with Gasteiger partial charge in [-0.3, -0.25) is 0 Å². The van der Waals surface area contributed by atoms with Gasteiger partial charge in [0.25, 0.3) is 0 Å². The molecule has 0 spiro atoms. The zero-order chi connectivity index (χ0) is 14.1. The van der Waals surface area contributed by atoms with Crippen molar-refractivity contribution >= 4 is 21.6 Å². The Labute approximate surface area is 123 Å². The molecular weight excluding hydrogens is 308 g/mol. The van der Waals surface area contributed by atoms with E-state index in [2.05, 4.69) is 51.3 Å². The second kappa shape index (κ2) is 9.31. The molecule has 0 saturated carbocycles. The van der Waals surface area contributed by atoms with E-state index in [-0.39, 0.29) is 6.61 Å². The van der Waals surface area contributed by atoms with E-state index >= 15 is 0 Å². The molecule has 0 heterocycles. The maximum Gasteiger partial charge on any atom is 0.0637 e. The Balaban J connectivity index is 2.77. The van der Waals surface area contributed by atoms with Crippen LogP contribution in [-0.2, 0) is 11.3 Å². The number of nitrogens with one attached hydrogen (secondary N) is 1. The Kier molecular flexibility index (Phi) is 8.05. The van der Waals surface area contributed by atoms with Crippen LogP contribution >= 0.6 is 15.9 Å². The van der Waals surface area contributed by atoms with Crippen molar-refractivity contribution in [2.75, 3.05) is 44.9 Å². The van der Waals surface area contributed by atoms with E-state index in [4.69, 9.17) is 9.84 Å². The normalized spacial score (nSPS) is 10.7. The lowest BCUT2D eigenvalue weighted by Crippen LogP contribution is -2.30. The van der Waals surface area contributed by atoms with Crippen LogP contribution in [0.4, 0.5) is 5.69 Å². The van der Waals surface area contributed by atoms with Gasteiger partial charge in [0.2, 0.25) is 0 Å². The molecular formula is C14H23BrN2O2. The van der Waals surface area contributed by atoms with Crippen molar-refractivity contribution in [1.29, 1.82) is 0 Å². The highest BCUT2D eigenvalue weighted by Gasteiger charge is 2.08. The third kappa shape index (κ3) is 5.48. The van der Waals surface area contributed by atoms with E-state index < -0.39 is 0 Å². The summed E-state index contributed by atoms with van der Waals surface area (Å²) in [5, 5.41) is 12.4. The SMILES string of the molecule is CCNCc1ccc(N(CCO)CCOC)cc1Br. The summed E-state index contributed by atoms with van der Waals surface area (Å²) < 4.78 is 6.19. The standard InChI is InChI=1S/C14H23BrN2O2/c1-3-16-11-12-4-5-13(10-14(12)15)17(6-8-18)7-9-19-2/h4-5,10,16,18H,3,6-9,11H2,1-2H3. The fraction of sp³-hybridized carbons (Fsp3) is 0.571. The van der Waals surface area contributed by atoms with Crippen molar-refractivity contribution in [3.8, 4) is 0 Å². The summed E-state index contributed by atoms with van der Waals surface area (Å²) in [5.41, 5.74) is 2.33. The molecule has 0 amide bonds. The number of anilines is 1. The summed E-state index contributed by atoms with van der Waals surface area (Å²) in [5.74, 6) is 0. The van der Waals surface area contributed by atoms with Crippen molar-refractivity contribution in [3.63, 3.8) is 0 Å². The van der Waals surface area contributed by atoms with E-state index in [0.717, 1.165) is 29.8 Å². The molecule has 19 heavy (non-hydrogen) atoms. The van der Waals surface area contributed by atoms with Crippen molar-refractivity contribution in [2.45, 2.75) is 13.5 Å². The van der Waals surface area contributed by atoms with Crippen LogP contribution in [0.25, 0.3) is 0 Å². The maximum atomic E-state index is 9.13. The van der Waals surface area contributed by atoms with Gasteiger partial charge in [-0.15, -0.1) is 0 Å². The Morgan fingerprint density at radius 1 is 1.37 bits per heavy atom. The lowest BCUT2D eigenvalue weighted by atomic mass is 10.2. The number of hydrogen-bond acceptors (Lipinski definition) is 4. The van der Waals surface area contributed by atoms with E-state index in [9.17, 15) is 0 Å². The van der Waals surface area contributed by atoms with Gasteiger partial charge in [0.15, 0.2) is 0 Å². The molecule has 0 radical (unpaired) electrons. The summed E-state index contributed by atoms with van der Waals surface area (Å²) in [6.45, 7) is 6.08. The smallest absolute Gasteiger partial charge is 0.0637 e. The summed E-state index contributed by atoms with van der Waals surface area (Å²) >= 11 is 3.60. The van der Waals surface area contributed by atoms with Crippen LogP contribution in [0.15, 0.2) is 22.7 Å². The monoisotopic (exact) mass is 330 g/mol. The molecule has 1 aromatic rings. The van der Waals surface area contributed by atoms with Crippen LogP contribution in [0.5, 0.6) is 0 Å². The number of ether oxygens (including phenoxy) is 1. The third-order valence-electron chi connectivity index (χ3n) is 2.90. The number of hydrogen-bond donors (Lipinski definition) is 2. The van der Waals surface area contributed by atoms with E-state index in [1.165, 1.54) is 5.56 Å². The summed E-state index contributed by atoms with van der Waals surface area (Å²) in [6.07, 6.45) is 0. The topological polar surface area (TPSA) is 44.7 Å².